The Bertz CT molecular complexity index is 181. The molecule has 0 spiro atoms. The third-order valence-corrected chi connectivity index (χ3v) is 2.73. The Labute approximate surface area is 94.6 Å². The zero-order valence-corrected chi connectivity index (χ0v) is 10.8. The largest absolute Gasteiger partial charge is 0.330 e. The zero-order chi connectivity index (χ0) is 11.9. The van der Waals surface area contributed by atoms with Gasteiger partial charge in [-0.1, -0.05) is 27.7 Å². The lowest BCUT2D eigenvalue weighted by Gasteiger charge is -2.17. The van der Waals surface area contributed by atoms with Crippen LogP contribution in [0.5, 0.6) is 0 Å². The lowest BCUT2D eigenvalue weighted by atomic mass is 9.88. The summed E-state index contributed by atoms with van der Waals surface area (Å²) in [5.74, 6) is 1.00. The second-order valence-electron chi connectivity index (χ2n) is 5.82. The van der Waals surface area contributed by atoms with Crippen molar-refractivity contribution < 1.29 is 4.79 Å². The molecule has 0 fully saturated rings. The van der Waals surface area contributed by atoms with Crippen LogP contribution in [0.3, 0.4) is 0 Å². The van der Waals surface area contributed by atoms with Crippen molar-refractivity contribution in [3.05, 3.63) is 0 Å². The summed E-state index contributed by atoms with van der Waals surface area (Å²) >= 11 is 0. The molecule has 1 unspecified atom stereocenters. The molecule has 0 saturated carbocycles. The Hall–Kier alpha value is -0.370. The number of nitrogens with two attached hydrogens (primary N) is 1. The average Bonchev–Trinajstić information content (AvgIpc) is 2.11. The fraction of sp³-hybridized carbons (Fsp3) is 0.923. The molecule has 1 atom stereocenters. The van der Waals surface area contributed by atoms with E-state index in [0.29, 0.717) is 11.7 Å². The maximum Gasteiger partial charge on any atom is 0.132 e. The highest BCUT2D eigenvalue weighted by Gasteiger charge is 2.13. The predicted octanol–water partition coefficient (Wildman–Crippen LogP) is 3.15. The van der Waals surface area contributed by atoms with Crippen molar-refractivity contribution in [1.29, 1.82) is 0 Å². The molecule has 15 heavy (non-hydrogen) atoms. The van der Waals surface area contributed by atoms with E-state index < -0.39 is 0 Å². The van der Waals surface area contributed by atoms with E-state index in [2.05, 4.69) is 27.7 Å². The molecule has 2 nitrogen and oxygen atoms in total. The summed E-state index contributed by atoms with van der Waals surface area (Å²) < 4.78 is 0. The second-order valence-corrected chi connectivity index (χ2v) is 5.82. The highest BCUT2D eigenvalue weighted by Crippen LogP contribution is 2.21. The number of ketones is 1. The van der Waals surface area contributed by atoms with Crippen molar-refractivity contribution in [3.8, 4) is 0 Å². The summed E-state index contributed by atoms with van der Waals surface area (Å²) in [5, 5.41) is 0. The normalized spacial score (nSPS) is 13.9. The first-order chi connectivity index (χ1) is 6.85. The van der Waals surface area contributed by atoms with Crippen molar-refractivity contribution >= 4 is 5.78 Å². The van der Waals surface area contributed by atoms with E-state index in [1.807, 2.05) is 0 Å². The average molecular weight is 213 g/mol. The molecule has 0 aliphatic rings. The Morgan fingerprint density at radius 2 is 1.80 bits per heavy atom. The van der Waals surface area contributed by atoms with E-state index in [9.17, 15) is 4.79 Å². The van der Waals surface area contributed by atoms with E-state index in [-0.39, 0.29) is 5.41 Å². The molecule has 0 radical (unpaired) electrons. The second kappa shape index (κ2) is 7.00. The van der Waals surface area contributed by atoms with Gasteiger partial charge in [-0.3, -0.25) is 4.79 Å². The molecule has 0 aromatic rings. The van der Waals surface area contributed by atoms with Crippen LogP contribution in [0.1, 0.15) is 59.8 Å². The first-order valence-electron chi connectivity index (χ1n) is 6.07. The molecule has 0 bridgehead atoms. The van der Waals surface area contributed by atoms with Crippen LogP contribution in [0.25, 0.3) is 0 Å². The van der Waals surface area contributed by atoms with Crippen molar-refractivity contribution in [3.63, 3.8) is 0 Å². The molecule has 90 valence electrons. The van der Waals surface area contributed by atoms with Crippen LogP contribution in [0.2, 0.25) is 0 Å². The number of rotatable bonds is 7. The van der Waals surface area contributed by atoms with Crippen molar-refractivity contribution in [2.24, 2.45) is 17.1 Å². The molecular weight excluding hydrogens is 186 g/mol. The van der Waals surface area contributed by atoms with Crippen LogP contribution in [-0.2, 0) is 4.79 Å². The number of Topliss-reactive ketones (excluding diaryl/α,β-unsaturated/α-hetero) is 1. The molecule has 0 aromatic heterocycles. The van der Waals surface area contributed by atoms with Gasteiger partial charge in [0.1, 0.15) is 5.78 Å². The van der Waals surface area contributed by atoms with E-state index in [1.54, 1.807) is 0 Å². The topological polar surface area (TPSA) is 43.1 Å². The van der Waals surface area contributed by atoms with Gasteiger partial charge < -0.3 is 5.73 Å². The van der Waals surface area contributed by atoms with Crippen LogP contribution in [0, 0.1) is 11.3 Å². The SMILES string of the molecule is CC(CCN)CCC(=O)CCC(C)(C)C. The minimum absolute atomic E-state index is 0.276. The van der Waals surface area contributed by atoms with E-state index in [0.717, 1.165) is 38.6 Å². The third-order valence-electron chi connectivity index (χ3n) is 2.73. The Balaban J connectivity index is 3.58. The molecule has 2 N–H and O–H groups in total. The van der Waals surface area contributed by atoms with Crippen LogP contribution in [0.4, 0.5) is 0 Å². The highest BCUT2D eigenvalue weighted by molar-refractivity contribution is 5.78. The lowest BCUT2D eigenvalue weighted by molar-refractivity contribution is -0.119. The zero-order valence-electron chi connectivity index (χ0n) is 10.8. The first-order valence-corrected chi connectivity index (χ1v) is 6.07. The predicted molar refractivity (Wildman–Crippen MR) is 65.8 cm³/mol. The van der Waals surface area contributed by atoms with E-state index in [4.69, 9.17) is 5.73 Å². The minimum Gasteiger partial charge on any atom is -0.330 e. The fourth-order valence-electron chi connectivity index (χ4n) is 1.48. The molecule has 0 saturated heterocycles. The Morgan fingerprint density at radius 1 is 1.20 bits per heavy atom. The Morgan fingerprint density at radius 3 is 2.27 bits per heavy atom. The maximum atomic E-state index is 11.6. The summed E-state index contributed by atoms with van der Waals surface area (Å²) in [7, 11) is 0. The van der Waals surface area contributed by atoms with E-state index >= 15 is 0 Å². The first kappa shape index (κ1) is 14.6. The summed E-state index contributed by atoms with van der Waals surface area (Å²) in [6, 6.07) is 0. The number of carbonyl (C=O) groups is 1. The summed E-state index contributed by atoms with van der Waals surface area (Å²) in [6.07, 6.45) is 4.50. The smallest absolute Gasteiger partial charge is 0.132 e. The quantitative estimate of drug-likeness (QED) is 0.706. The van der Waals surface area contributed by atoms with E-state index in [1.165, 1.54) is 0 Å². The van der Waals surface area contributed by atoms with Crippen molar-refractivity contribution in [2.75, 3.05) is 6.54 Å². The number of hydrogen-bond donors (Lipinski definition) is 1. The van der Waals surface area contributed by atoms with Crippen molar-refractivity contribution in [2.45, 2.75) is 59.8 Å². The molecular formula is C13H27NO. The lowest BCUT2D eigenvalue weighted by Crippen LogP contribution is -2.11. The van der Waals surface area contributed by atoms with Crippen LogP contribution < -0.4 is 5.73 Å². The summed E-state index contributed by atoms with van der Waals surface area (Å²) in [5.41, 5.74) is 5.74. The van der Waals surface area contributed by atoms with Gasteiger partial charge in [0, 0.05) is 12.8 Å². The van der Waals surface area contributed by atoms with Crippen LogP contribution >= 0.6 is 0 Å². The monoisotopic (exact) mass is 213 g/mol. The van der Waals surface area contributed by atoms with Crippen molar-refractivity contribution in [1.82, 2.24) is 0 Å². The molecule has 0 amide bonds. The van der Waals surface area contributed by atoms with Gasteiger partial charge in [0.05, 0.1) is 0 Å². The minimum atomic E-state index is 0.276. The van der Waals surface area contributed by atoms with Gasteiger partial charge in [-0.2, -0.15) is 0 Å². The highest BCUT2D eigenvalue weighted by atomic mass is 16.1. The number of hydrogen-bond acceptors (Lipinski definition) is 2. The standard InChI is InChI=1S/C13H27NO/c1-11(8-10-14)5-6-12(15)7-9-13(2,3)4/h11H,5-10,14H2,1-4H3. The molecule has 0 heterocycles. The van der Waals surface area contributed by atoms with Gasteiger partial charge in [-0.25, -0.2) is 0 Å². The van der Waals surface area contributed by atoms with Gasteiger partial charge >= 0.3 is 0 Å². The molecule has 0 rings (SSSR count). The maximum absolute atomic E-state index is 11.6. The van der Waals surface area contributed by atoms with Gasteiger partial charge in [-0.05, 0) is 37.1 Å². The van der Waals surface area contributed by atoms with Crippen LogP contribution in [0.15, 0.2) is 0 Å². The molecule has 0 aliphatic heterocycles. The van der Waals surface area contributed by atoms with Gasteiger partial charge in [0.25, 0.3) is 0 Å². The van der Waals surface area contributed by atoms with Gasteiger partial charge in [0.2, 0.25) is 0 Å². The van der Waals surface area contributed by atoms with Gasteiger partial charge in [-0.15, -0.1) is 0 Å². The molecule has 0 aromatic carbocycles. The third kappa shape index (κ3) is 9.92. The fourth-order valence-corrected chi connectivity index (χ4v) is 1.48. The summed E-state index contributed by atoms with van der Waals surface area (Å²) in [4.78, 5) is 11.6. The molecule has 0 aliphatic carbocycles. The Kier molecular flexibility index (Phi) is 6.82. The number of carbonyl (C=O) groups excluding carboxylic acids is 1. The van der Waals surface area contributed by atoms with Crippen LogP contribution in [-0.4, -0.2) is 12.3 Å². The molecule has 2 heteroatoms. The summed E-state index contributed by atoms with van der Waals surface area (Å²) in [6.45, 7) is 9.44. The van der Waals surface area contributed by atoms with Gasteiger partial charge in [0.15, 0.2) is 0 Å².